The van der Waals surface area contributed by atoms with Crippen LogP contribution in [0.2, 0.25) is 0 Å². The molecule has 9 rings (SSSR count). The quantitative estimate of drug-likeness (QED) is 0.0734. The van der Waals surface area contributed by atoms with Gasteiger partial charge in [0.05, 0.1) is 41.9 Å². The second-order valence-corrected chi connectivity index (χ2v) is 24.6. The Morgan fingerprint density at radius 3 is 2.36 bits per heavy atom. The Morgan fingerprint density at radius 2 is 1.66 bits per heavy atom. The molecule has 5 atom stereocenters. The van der Waals surface area contributed by atoms with Crippen molar-refractivity contribution in [3.05, 3.63) is 77.5 Å². The minimum Gasteiger partial charge on any atom is -0.492 e. The molecule has 19 heteroatoms. The van der Waals surface area contributed by atoms with E-state index < -0.39 is 32.8 Å². The molecule has 0 unspecified atom stereocenters. The maximum absolute atomic E-state index is 14.9. The number of nitrogens with one attached hydrogen (secondary N) is 4. The number of carbonyl (C=O) groups is 3. The first-order chi connectivity index (χ1) is 35.5. The lowest BCUT2D eigenvalue weighted by atomic mass is 9.83. The van der Waals surface area contributed by atoms with Gasteiger partial charge in [0.25, 0.3) is 0 Å². The Bertz CT molecular complexity index is 2930. The van der Waals surface area contributed by atoms with E-state index in [0.717, 1.165) is 81.0 Å². The number of sulfone groups is 1. The summed E-state index contributed by atoms with van der Waals surface area (Å²) in [6.45, 7) is 14.5. The number of carbonyl (C=O) groups excluding carboxylic acids is 3. The van der Waals surface area contributed by atoms with Crippen molar-refractivity contribution in [3.63, 3.8) is 0 Å². The lowest BCUT2D eigenvalue weighted by molar-refractivity contribution is -0.143. The van der Waals surface area contributed by atoms with E-state index in [4.69, 9.17) is 19.4 Å². The molecule has 5 heterocycles. The number of anilines is 3. The first-order valence-electron chi connectivity index (χ1n) is 26.7. The molecule has 2 saturated heterocycles. The maximum Gasteiger partial charge on any atom is 0.246 e. The molecule has 3 fully saturated rings. The van der Waals surface area contributed by atoms with Crippen LogP contribution in [0.3, 0.4) is 0 Å². The van der Waals surface area contributed by atoms with E-state index in [1.54, 1.807) is 50.2 Å². The molecular formula is C55H73N11O7S. The molecule has 74 heavy (non-hydrogen) atoms. The summed E-state index contributed by atoms with van der Waals surface area (Å²) in [6, 6.07) is 9.84. The molecule has 4 aliphatic rings. The average molecular weight is 1030 g/mol. The smallest absolute Gasteiger partial charge is 0.246 e. The number of piperidine rings is 1. The van der Waals surface area contributed by atoms with Crippen LogP contribution >= 0.6 is 0 Å². The zero-order valence-corrected chi connectivity index (χ0v) is 44.8. The molecule has 0 radical (unpaired) electrons. The molecule has 0 bridgehead atoms. The lowest BCUT2D eigenvalue weighted by Gasteiger charge is -2.35. The lowest BCUT2D eigenvalue weighted by Crippen LogP contribution is -2.57. The Labute approximate surface area is 434 Å². The molecule has 4 N–H and O–H groups in total. The summed E-state index contributed by atoms with van der Waals surface area (Å²) in [5.41, 5.74) is 4.71. The van der Waals surface area contributed by atoms with Crippen molar-refractivity contribution < 1.29 is 32.3 Å². The zero-order valence-electron chi connectivity index (χ0n) is 43.9. The normalized spacial score (nSPS) is 20.7. The highest BCUT2D eigenvalue weighted by Crippen LogP contribution is 2.39. The summed E-state index contributed by atoms with van der Waals surface area (Å²) in [4.78, 5) is 64.9. The number of nitrogens with zero attached hydrogens (tertiary/aromatic N) is 7. The van der Waals surface area contributed by atoms with Crippen LogP contribution in [0.15, 0.2) is 60.0 Å². The van der Waals surface area contributed by atoms with Gasteiger partial charge in [-0.2, -0.15) is 5.10 Å². The summed E-state index contributed by atoms with van der Waals surface area (Å²) in [5, 5.41) is 17.6. The van der Waals surface area contributed by atoms with Gasteiger partial charge in [-0.15, -0.1) is 0 Å². The predicted octanol–water partition coefficient (Wildman–Crippen LogP) is 8.02. The maximum atomic E-state index is 14.9. The second kappa shape index (κ2) is 22.2. The van der Waals surface area contributed by atoms with E-state index in [1.807, 2.05) is 39.8 Å². The van der Waals surface area contributed by atoms with Crippen LogP contribution in [-0.2, 0) is 30.6 Å². The number of rotatable bonds is 16. The van der Waals surface area contributed by atoms with E-state index in [2.05, 4.69) is 53.1 Å². The molecule has 18 nitrogen and oxygen atoms in total. The van der Waals surface area contributed by atoms with Crippen molar-refractivity contribution in [3.8, 4) is 11.5 Å². The van der Waals surface area contributed by atoms with Gasteiger partial charge in [0.2, 0.25) is 23.7 Å². The summed E-state index contributed by atoms with van der Waals surface area (Å²) < 4.78 is 40.1. The minimum atomic E-state index is -3.86. The summed E-state index contributed by atoms with van der Waals surface area (Å²) in [5.74, 6) is 1.55. The topological polar surface area (TPSA) is 227 Å². The molecule has 3 amide bonds. The van der Waals surface area contributed by atoms with E-state index in [0.29, 0.717) is 60.4 Å². The van der Waals surface area contributed by atoms with Crippen molar-refractivity contribution in [2.75, 3.05) is 36.5 Å². The van der Waals surface area contributed by atoms with Crippen molar-refractivity contribution >= 4 is 56.0 Å². The molecule has 5 aromatic rings. The third kappa shape index (κ3) is 11.3. The van der Waals surface area contributed by atoms with E-state index in [-0.39, 0.29) is 65.1 Å². The number of fused-ring (bicyclic) bond motifs is 2. The Balaban J connectivity index is 0.861. The number of aryl methyl sites for hydroxylation is 2. The van der Waals surface area contributed by atoms with Crippen molar-refractivity contribution in [1.29, 1.82) is 0 Å². The summed E-state index contributed by atoms with van der Waals surface area (Å²) in [6.07, 6.45) is 14.2. The number of aromatic nitrogens is 6. The van der Waals surface area contributed by atoms with E-state index >= 15 is 0 Å². The molecule has 2 aliphatic carbocycles. The number of H-pyrrole nitrogens is 1. The molecule has 396 valence electrons. The second-order valence-electron chi connectivity index (χ2n) is 21.9. The number of hydrogen-bond acceptors (Lipinski definition) is 14. The van der Waals surface area contributed by atoms with Gasteiger partial charge in [0.15, 0.2) is 21.4 Å². The van der Waals surface area contributed by atoms with Crippen molar-refractivity contribution in [2.45, 2.75) is 159 Å². The van der Waals surface area contributed by atoms with Crippen LogP contribution < -0.4 is 30.3 Å². The fourth-order valence-corrected chi connectivity index (χ4v) is 12.1. The van der Waals surface area contributed by atoms with Crippen LogP contribution in [0.4, 0.5) is 17.6 Å². The van der Waals surface area contributed by atoms with Gasteiger partial charge < -0.3 is 35.2 Å². The molecular weight excluding hydrogens is 959 g/mol. The number of hydrogen-bond donors (Lipinski definition) is 4. The monoisotopic (exact) mass is 1030 g/mol. The Morgan fingerprint density at radius 1 is 0.919 bits per heavy atom. The van der Waals surface area contributed by atoms with Gasteiger partial charge in [-0.05, 0) is 115 Å². The van der Waals surface area contributed by atoms with Crippen molar-refractivity contribution in [2.24, 2.45) is 17.8 Å². The summed E-state index contributed by atoms with van der Waals surface area (Å²) >= 11 is 0. The van der Waals surface area contributed by atoms with Gasteiger partial charge in [-0.1, -0.05) is 57.4 Å². The van der Waals surface area contributed by atoms with Gasteiger partial charge >= 0.3 is 0 Å². The van der Waals surface area contributed by atoms with Gasteiger partial charge in [0.1, 0.15) is 41.0 Å². The van der Waals surface area contributed by atoms with Gasteiger partial charge in [-0.25, -0.2) is 28.4 Å². The van der Waals surface area contributed by atoms with Gasteiger partial charge in [0, 0.05) is 48.1 Å². The number of amides is 3. The van der Waals surface area contributed by atoms with Crippen LogP contribution in [0.25, 0.3) is 10.9 Å². The Hall–Kier alpha value is -6.37. The highest BCUT2D eigenvalue weighted by molar-refractivity contribution is 7.92. The van der Waals surface area contributed by atoms with Crippen LogP contribution in [0.5, 0.6) is 11.5 Å². The largest absolute Gasteiger partial charge is 0.492 e. The number of aromatic amines is 1. The summed E-state index contributed by atoms with van der Waals surface area (Å²) in [7, 11) is -3.86. The fourth-order valence-electron chi connectivity index (χ4n) is 10.8. The third-order valence-corrected chi connectivity index (χ3v) is 18.4. The first kappa shape index (κ1) is 52.5. The number of likely N-dealkylation sites (tertiary alicyclic amines) is 1. The molecule has 2 aliphatic heterocycles. The van der Waals surface area contributed by atoms with Crippen LogP contribution in [0.1, 0.15) is 134 Å². The molecule has 2 aromatic carbocycles. The molecule has 0 spiro atoms. The van der Waals surface area contributed by atoms with E-state index in [9.17, 15) is 22.8 Å². The number of ether oxygens (including phenoxy) is 2. The van der Waals surface area contributed by atoms with Gasteiger partial charge in [-0.3, -0.25) is 19.5 Å². The fraction of sp³-hybridized carbons (Fsp3) is 0.564. The molecule has 3 aromatic heterocycles. The minimum absolute atomic E-state index is 0.0123. The van der Waals surface area contributed by atoms with Crippen LogP contribution in [-0.4, -0.2) is 110 Å². The SMILES string of the molecule is CC[C@@H](C)C(=O)N[C@H](C(=O)N1C[C@@H](Oc2cnc(N3CCC(COc4cc5ncnc(Nc6n[nH]c(C)c6C)c5cc4S(=O)(=O)C(C)(C)C)CC3)nc2)C[C@H]1C(=O)N[C@@H]1CCCc2ccccc21)C1CCCCC1. The zero-order chi connectivity index (χ0) is 52.3. The molecule has 1 saturated carbocycles. The number of benzene rings is 2. The highest BCUT2D eigenvalue weighted by Gasteiger charge is 2.46. The van der Waals surface area contributed by atoms with E-state index in [1.165, 1.54) is 11.9 Å². The third-order valence-electron chi connectivity index (χ3n) is 15.9. The predicted molar refractivity (Wildman–Crippen MR) is 283 cm³/mol. The van der Waals surface area contributed by atoms with Crippen LogP contribution in [0, 0.1) is 31.6 Å². The van der Waals surface area contributed by atoms with Crippen molar-refractivity contribution in [1.82, 2.24) is 45.7 Å². The Kier molecular flexibility index (Phi) is 15.8. The standard InChI is InChI=1S/C55H73N11O7S/c1-8-33(2)51(67)61-48(38-16-10-9-11-17-38)53(69)66-30-39(25-45(66)52(68)60-43-20-14-18-37-15-12-13-19-41(37)43)73-40-28-56-54(57-29-40)65-23-21-36(22-24-65)31-72-46-27-44-42(26-47(46)74(70,71)55(5,6)7)50(59-32-58-44)62-49-34(3)35(4)63-64-49/h12-13,15,19,26-29,32-33,36,38-39,43,45,48H,8-11,14,16-18,20-25,30-31H2,1-7H3,(H,60,68)(H,61,67)(H2,58,59,62,63,64)/t33-,39+,43-,45+,48+/m1/s1. The first-order valence-corrected chi connectivity index (χ1v) is 28.1. The highest BCUT2D eigenvalue weighted by atomic mass is 32.2. The average Bonchev–Trinajstić information content (AvgIpc) is 3.98.